The molecule has 1 aromatic rings. The van der Waals surface area contributed by atoms with Crippen LogP contribution < -0.4 is 10.6 Å². The Morgan fingerprint density at radius 2 is 2.00 bits per heavy atom. The molecular weight excluding hydrogens is 352 g/mol. The van der Waals surface area contributed by atoms with Crippen LogP contribution in [0, 0.1) is 12.8 Å². The van der Waals surface area contributed by atoms with Crippen LogP contribution in [0.2, 0.25) is 0 Å². The Balaban J connectivity index is 0.00000225. The highest BCUT2D eigenvalue weighted by Gasteiger charge is 2.34. The maximum atomic E-state index is 12.4. The Hall–Kier alpha value is -0.710. The van der Waals surface area contributed by atoms with Gasteiger partial charge in [-0.15, -0.1) is 24.2 Å². The van der Waals surface area contributed by atoms with Crippen LogP contribution in [0.25, 0.3) is 0 Å². The first-order valence-electron chi connectivity index (χ1n) is 9.36. The summed E-state index contributed by atoms with van der Waals surface area (Å²) in [6.45, 7) is 6.55. The molecule has 0 spiro atoms. The van der Waals surface area contributed by atoms with Crippen LogP contribution in [-0.4, -0.2) is 23.2 Å². The van der Waals surface area contributed by atoms with Gasteiger partial charge in [0.15, 0.2) is 0 Å². The van der Waals surface area contributed by atoms with Crippen LogP contribution in [0.1, 0.15) is 57.9 Å². The number of hydrogen-bond acceptors (Lipinski definition) is 3. The van der Waals surface area contributed by atoms with Crippen LogP contribution in [0.5, 0.6) is 0 Å². The smallest absolute Gasteiger partial charge is 0.224 e. The molecule has 3 atom stereocenters. The molecule has 1 aromatic carbocycles. The van der Waals surface area contributed by atoms with Crippen LogP contribution in [0.4, 0.5) is 5.69 Å². The zero-order chi connectivity index (χ0) is 17.1. The second-order valence-corrected chi connectivity index (χ2v) is 9.05. The van der Waals surface area contributed by atoms with Crippen molar-refractivity contribution in [1.82, 2.24) is 5.32 Å². The summed E-state index contributed by atoms with van der Waals surface area (Å²) in [4.78, 5) is 13.7. The lowest BCUT2D eigenvalue weighted by Crippen LogP contribution is -2.39. The number of aryl methyl sites for hydroxylation is 1. The number of halogens is 1. The van der Waals surface area contributed by atoms with E-state index < -0.39 is 0 Å². The molecule has 0 radical (unpaired) electrons. The third-order valence-corrected chi connectivity index (χ3v) is 6.69. The van der Waals surface area contributed by atoms with Crippen molar-refractivity contribution >= 4 is 35.8 Å². The molecule has 5 heteroatoms. The van der Waals surface area contributed by atoms with Crippen LogP contribution >= 0.6 is 24.2 Å². The summed E-state index contributed by atoms with van der Waals surface area (Å²) in [6, 6.07) is 7.69. The lowest BCUT2D eigenvalue weighted by atomic mass is 9.89. The fourth-order valence-corrected chi connectivity index (χ4v) is 4.99. The minimum atomic E-state index is 0. The van der Waals surface area contributed by atoms with E-state index in [0.29, 0.717) is 29.7 Å². The number of anilines is 1. The standard InChI is InChI=1S/C20H30N2OS.ClH/c1-4-14(3)24-18-7-8-19(13(2)9-18)22-20(23)12-15-10-16-5-6-17(11-15)21-16;/h7-9,14-17,21H,4-6,10-12H2,1-3H3,(H,22,23);1H. The molecule has 2 aliphatic heterocycles. The van der Waals surface area contributed by atoms with E-state index in [1.54, 1.807) is 0 Å². The molecule has 2 bridgehead atoms. The van der Waals surface area contributed by atoms with Crippen molar-refractivity contribution in [2.75, 3.05) is 5.32 Å². The van der Waals surface area contributed by atoms with E-state index in [0.717, 1.165) is 24.1 Å². The highest BCUT2D eigenvalue weighted by atomic mass is 35.5. The third-order valence-electron chi connectivity index (χ3n) is 5.43. The predicted octanol–water partition coefficient (Wildman–Crippen LogP) is 5.17. The molecule has 2 N–H and O–H groups in total. The van der Waals surface area contributed by atoms with Gasteiger partial charge in [-0.05, 0) is 68.7 Å². The number of thioether (sulfide) groups is 1. The summed E-state index contributed by atoms with van der Waals surface area (Å²) >= 11 is 1.90. The molecule has 2 aliphatic rings. The Kier molecular flexibility index (Phi) is 7.66. The molecular formula is C20H31ClN2OS. The lowest BCUT2D eigenvalue weighted by Gasteiger charge is -2.28. The van der Waals surface area contributed by atoms with Gasteiger partial charge in [0.05, 0.1) is 0 Å². The summed E-state index contributed by atoms with van der Waals surface area (Å²) in [7, 11) is 0. The van der Waals surface area contributed by atoms with E-state index in [9.17, 15) is 4.79 Å². The predicted molar refractivity (Wildman–Crippen MR) is 110 cm³/mol. The van der Waals surface area contributed by atoms with E-state index in [-0.39, 0.29) is 18.3 Å². The van der Waals surface area contributed by atoms with Gasteiger partial charge in [-0.3, -0.25) is 4.79 Å². The van der Waals surface area contributed by atoms with Gasteiger partial charge in [-0.25, -0.2) is 0 Å². The first-order chi connectivity index (χ1) is 11.5. The van der Waals surface area contributed by atoms with E-state index in [4.69, 9.17) is 0 Å². The van der Waals surface area contributed by atoms with Crippen molar-refractivity contribution in [3.63, 3.8) is 0 Å². The molecule has 3 rings (SSSR count). The molecule has 0 aromatic heterocycles. The molecule has 2 fully saturated rings. The van der Waals surface area contributed by atoms with Gasteiger partial charge in [-0.2, -0.15) is 0 Å². The minimum Gasteiger partial charge on any atom is -0.326 e. The van der Waals surface area contributed by atoms with Crippen LogP contribution in [-0.2, 0) is 4.79 Å². The number of hydrogen-bond donors (Lipinski definition) is 2. The quantitative estimate of drug-likeness (QED) is 0.667. The number of carbonyl (C=O) groups excluding carboxylic acids is 1. The number of carbonyl (C=O) groups is 1. The van der Waals surface area contributed by atoms with Gasteiger partial charge in [0, 0.05) is 34.3 Å². The van der Waals surface area contributed by atoms with Crippen molar-refractivity contribution in [2.45, 2.75) is 81.5 Å². The first-order valence-corrected chi connectivity index (χ1v) is 10.2. The molecule has 2 heterocycles. The Labute approximate surface area is 162 Å². The fraction of sp³-hybridized carbons (Fsp3) is 0.650. The lowest BCUT2D eigenvalue weighted by molar-refractivity contribution is -0.117. The first kappa shape index (κ1) is 20.6. The Bertz CT molecular complexity index is 583. The molecule has 3 nitrogen and oxygen atoms in total. The largest absolute Gasteiger partial charge is 0.326 e. The van der Waals surface area contributed by atoms with Gasteiger partial charge in [-0.1, -0.05) is 13.8 Å². The molecule has 0 aliphatic carbocycles. The molecule has 25 heavy (non-hydrogen) atoms. The van der Waals surface area contributed by atoms with Gasteiger partial charge in [0.2, 0.25) is 5.91 Å². The van der Waals surface area contributed by atoms with Crippen molar-refractivity contribution in [3.8, 4) is 0 Å². The highest BCUT2D eigenvalue weighted by Crippen LogP contribution is 2.33. The Morgan fingerprint density at radius 1 is 1.32 bits per heavy atom. The van der Waals surface area contributed by atoms with Gasteiger partial charge < -0.3 is 10.6 Å². The van der Waals surface area contributed by atoms with Gasteiger partial charge in [0.1, 0.15) is 0 Å². The highest BCUT2D eigenvalue weighted by molar-refractivity contribution is 7.99. The van der Waals surface area contributed by atoms with Gasteiger partial charge >= 0.3 is 0 Å². The van der Waals surface area contributed by atoms with Crippen molar-refractivity contribution in [2.24, 2.45) is 5.92 Å². The van der Waals surface area contributed by atoms with Crippen molar-refractivity contribution < 1.29 is 4.79 Å². The zero-order valence-corrected chi connectivity index (χ0v) is 17.1. The second-order valence-electron chi connectivity index (χ2n) is 7.54. The van der Waals surface area contributed by atoms with E-state index >= 15 is 0 Å². The van der Waals surface area contributed by atoms with Gasteiger partial charge in [0.25, 0.3) is 0 Å². The SMILES string of the molecule is CCC(C)Sc1ccc(NC(=O)CC2CC3CCC(C2)N3)c(C)c1.Cl. The van der Waals surface area contributed by atoms with Crippen molar-refractivity contribution in [3.05, 3.63) is 23.8 Å². The summed E-state index contributed by atoms with van der Waals surface area (Å²) in [5.74, 6) is 0.719. The minimum absolute atomic E-state index is 0. The van der Waals surface area contributed by atoms with Crippen LogP contribution in [0.3, 0.4) is 0 Å². The second kappa shape index (κ2) is 9.29. The molecule has 3 unspecified atom stereocenters. The average molecular weight is 383 g/mol. The zero-order valence-electron chi connectivity index (χ0n) is 15.5. The maximum absolute atomic E-state index is 12.4. The van der Waals surface area contributed by atoms with E-state index in [1.165, 1.54) is 24.2 Å². The summed E-state index contributed by atoms with van der Waals surface area (Å²) in [5.41, 5.74) is 2.12. The molecule has 2 saturated heterocycles. The van der Waals surface area contributed by atoms with E-state index in [2.05, 4.69) is 49.6 Å². The average Bonchev–Trinajstić information content (AvgIpc) is 2.88. The molecule has 0 saturated carbocycles. The Morgan fingerprint density at radius 3 is 2.60 bits per heavy atom. The maximum Gasteiger partial charge on any atom is 0.224 e. The van der Waals surface area contributed by atoms with Crippen molar-refractivity contribution in [1.29, 1.82) is 0 Å². The fourth-order valence-electron chi connectivity index (χ4n) is 3.97. The van der Waals surface area contributed by atoms with E-state index in [1.807, 2.05) is 11.8 Å². The summed E-state index contributed by atoms with van der Waals surface area (Å²) in [5, 5.41) is 7.40. The number of nitrogens with one attached hydrogen (secondary N) is 2. The monoisotopic (exact) mass is 382 g/mol. The topological polar surface area (TPSA) is 41.1 Å². The molecule has 1 amide bonds. The summed E-state index contributed by atoms with van der Waals surface area (Å²) in [6.07, 6.45) is 6.73. The number of benzene rings is 1. The third kappa shape index (κ3) is 5.63. The number of fused-ring (bicyclic) bond motifs is 2. The number of rotatable bonds is 6. The number of piperidine rings is 1. The normalized spacial score (nSPS) is 26.0. The van der Waals surface area contributed by atoms with Crippen LogP contribution in [0.15, 0.2) is 23.1 Å². The summed E-state index contributed by atoms with van der Waals surface area (Å²) < 4.78 is 0. The number of amides is 1. The molecule has 140 valence electrons.